The summed E-state index contributed by atoms with van der Waals surface area (Å²) in [5.41, 5.74) is 28.7. The lowest BCUT2D eigenvalue weighted by Crippen LogP contribution is -2.26. The lowest BCUT2D eigenvalue weighted by Gasteiger charge is -2.33. The summed E-state index contributed by atoms with van der Waals surface area (Å²) in [5, 5.41) is 0. The summed E-state index contributed by atoms with van der Waals surface area (Å²) >= 11 is 0. The summed E-state index contributed by atoms with van der Waals surface area (Å²) in [7, 11) is 0. The van der Waals surface area contributed by atoms with Crippen LogP contribution in [0, 0.1) is 0 Å². The van der Waals surface area contributed by atoms with E-state index in [2.05, 4.69) is 247 Å². The van der Waals surface area contributed by atoms with E-state index in [1.54, 1.807) is 0 Å². The Balaban J connectivity index is 0.852. The van der Waals surface area contributed by atoms with Crippen LogP contribution in [-0.4, -0.2) is 18.9 Å². The van der Waals surface area contributed by atoms with Crippen molar-refractivity contribution in [3.63, 3.8) is 0 Å². The Bertz CT molecular complexity index is 4330. The molecule has 0 atom stereocenters. The summed E-state index contributed by atoms with van der Waals surface area (Å²) in [6, 6.07) is 68.7. The first kappa shape index (κ1) is 94.1. The number of benzene rings is 9. The molecular formula is C120H153NO3. The lowest BCUT2D eigenvalue weighted by molar-refractivity contribution is 0.111. The van der Waals surface area contributed by atoms with Gasteiger partial charge in [0.2, 0.25) is 0 Å². The Kier molecular flexibility index (Phi) is 37.8. The molecule has 0 fully saturated rings. The molecule has 4 nitrogen and oxygen atoms in total. The van der Waals surface area contributed by atoms with Gasteiger partial charge < -0.3 is 4.90 Å². The van der Waals surface area contributed by atoms with Crippen molar-refractivity contribution < 1.29 is 14.4 Å². The molecule has 0 bridgehead atoms. The second-order valence-corrected chi connectivity index (χ2v) is 37.8. The second kappa shape index (κ2) is 49.8. The van der Waals surface area contributed by atoms with E-state index < -0.39 is 0 Å². The number of hydrogen-bond donors (Lipinski definition) is 0. The Hall–Kier alpha value is -8.99. The molecule has 0 N–H and O–H groups in total. The van der Waals surface area contributed by atoms with E-state index >= 15 is 0 Å². The number of fused-ring (bicyclic) bond motifs is 9. The van der Waals surface area contributed by atoms with Gasteiger partial charge in [-0.3, -0.25) is 14.4 Å². The maximum absolute atomic E-state index is 12.6. The molecule has 3 aliphatic carbocycles. The van der Waals surface area contributed by atoms with Crippen molar-refractivity contribution in [3.8, 4) is 33.4 Å². The Morgan fingerprint density at radius 1 is 0.185 bits per heavy atom. The monoisotopic (exact) mass is 1660 g/mol. The van der Waals surface area contributed by atoms with E-state index in [0.717, 1.165) is 108 Å². The van der Waals surface area contributed by atoms with Gasteiger partial charge in [0.25, 0.3) is 0 Å². The van der Waals surface area contributed by atoms with Crippen LogP contribution in [0.25, 0.3) is 69.8 Å². The van der Waals surface area contributed by atoms with Crippen LogP contribution in [0.3, 0.4) is 0 Å². The van der Waals surface area contributed by atoms with Crippen LogP contribution in [0.1, 0.15) is 448 Å². The Morgan fingerprint density at radius 2 is 0.339 bits per heavy atom. The van der Waals surface area contributed by atoms with Crippen LogP contribution in [0.2, 0.25) is 0 Å². The van der Waals surface area contributed by atoms with Gasteiger partial charge in [-0.1, -0.05) is 475 Å². The summed E-state index contributed by atoms with van der Waals surface area (Å²) in [6.45, 7) is 13.8. The van der Waals surface area contributed by atoms with Crippen molar-refractivity contribution >= 4 is 72.4 Å². The van der Waals surface area contributed by atoms with Crippen molar-refractivity contribution in [1.29, 1.82) is 0 Å². The van der Waals surface area contributed by atoms with Crippen molar-refractivity contribution in [1.82, 2.24) is 0 Å². The molecule has 12 rings (SSSR count). The SMILES string of the molecule is CCCCCCCCCC1(CCCCCCCCC)c2cc(C=O)ccc2-c2ccc(/C=C/c3ccc(N(c4ccc(/C=C/c5ccc6c(c5)C(CCCCCCCCC)(CCCCCCCCC)c5cc(C=O)ccc5-6)cc4)c4ccc(/C=C/c5ccc6c(c5)C(CCCCCCCCC)(CCCCCCCCC)c5cc(C=O)ccc5-6)cc4)cc3)cc21. The first-order valence-electron chi connectivity index (χ1n) is 50.5. The molecule has 0 saturated carbocycles. The molecular weight excluding hydrogens is 1500 g/mol. The largest absolute Gasteiger partial charge is 0.311 e. The van der Waals surface area contributed by atoms with Crippen molar-refractivity contribution in [2.45, 2.75) is 366 Å². The fraction of sp³-hybridized carbons (Fsp3) is 0.475. The number of unbranched alkanes of at least 4 members (excludes halogenated alkanes) is 36. The molecule has 0 amide bonds. The number of carbonyl (C=O) groups excluding carboxylic acids is 3. The van der Waals surface area contributed by atoms with Gasteiger partial charge in [0.05, 0.1) is 0 Å². The molecule has 4 heteroatoms. The summed E-state index contributed by atoms with van der Waals surface area (Å²) in [4.78, 5) is 40.2. The molecule has 656 valence electrons. The van der Waals surface area contributed by atoms with Crippen molar-refractivity contribution in [2.24, 2.45) is 0 Å². The van der Waals surface area contributed by atoms with Crippen LogP contribution in [0.15, 0.2) is 182 Å². The Labute approximate surface area is 751 Å². The predicted molar refractivity (Wildman–Crippen MR) is 538 cm³/mol. The van der Waals surface area contributed by atoms with E-state index in [-0.39, 0.29) is 16.2 Å². The lowest BCUT2D eigenvalue weighted by atomic mass is 9.70. The third kappa shape index (κ3) is 24.6. The van der Waals surface area contributed by atoms with Gasteiger partial charge in [-0.05, 0) is 193 Å². The molecule has 0 unspecified atom stereocenters. The molecule has 0 aromatic heterocycles. The van der Waals surface area contributed by atoms with Gasteiger partial charge in [-0.2, -0.15) is 0 Å². The van der Waals surface area contributed by atoms with E-state index in [1.165, 1.54) is 353 Å². The minimum absolute atomic E-state index is 0.130. The third-order valence-electron chi connectivity index (χ3n) is 28.7. The highest BCUT2D eigenvalue weighted by Crippen LogP contribution is 2.58. The predicted octanol–water partition coefficient (Wildman–Crippen LogP) is 36.7. The highest BCUT2D eigenvalue weighted by atomic mass is 16.1. The number of carbonyl (C=O) groups is 3. The molecule has 3 aliphatic rings. The normalized spacial score (nSPS) is 13.7. The van der Waals surface area contributed by atoms with Gasteiger partial charge >= 0.3 is 0 Å². The summed E-state index contributed by atoms with van der Waals surface area (Å²) in [5.74, 6) is 0. The maximum atomic E-state index is 12.6. The minimum Gasteiger partial charge on any atom is -0.311 e. The minimum atomic E-state index is -0.130. The van der Waals surface area contributed by atoms with Gasteiger partial charge in [-0.25, -0.2) is 0 Å². The van der Waals surface area contributed by atoms with Gasteiger partial charge in [0.15, 0.2) is 0 Å². The zero-order chi connectivity index (χ0) is 86.5. The van der Waals surface area contributed by atoms with Crippen molar-refractivity contribution in [2.75, 3.05) is 4.90 Å². The first-order chi connectivity index (χ1) is 61.1. The Morgan fingerprint density at radius 3 is 0.524 bits per heavy atom. The number of anilines is 3. The average Bonchev–Trinajstić information content (AvgIpc) is 1.58. The third-order valence-corrected chi connectivity index (χ3v) is 28.7. The van der Waals surface area contributed by atoms with Gasteiger partial charge in [0.1, 0.15) is 18.9 Å². The van der Waals surface area contributed by atoms with Gasteiger partial charge in [0, 0.05) is 50.0 Å². The number of hydrogen-bond acceptors (Lipinski definition) is 4. The topological polar surface area (TPSA) is 54.5 Å². The van der Waals surface area contributed by atoms with Crippen molar-refractivity contribution in [3.05, 3.63) is 265 Å². The van der Waals surface area contributed by atoms with Gasteiger partial charge in [-0.15, -0.1) is 0 Å². The smallest absolute Gasteiger partial charge is 0.150 e. The van der Waals surface area contributed by atoms with Crippen LogP contribution >= 0.6 is 0 Å². The molecule has 9 aromatic carbocycles. The molecule has 0 spiro atoms. The molecule has 0 saturated heterocycles. The van der Waals surface area contributed by atoms with Crippen LogP contribution in [0.4, 0.5) is 17.1 Å². The van der Waals surface area contributed by atoms with Crippen LogP contribution in [-0.2, 0) is 16.2 Å². The van der Waals surface area contributed by atoms with E-state index in [9.17, 15) is 14.4 Å². The highest BCUT2D eigenvalue weighted by Gasteiger charge is 2.46. The number of rotatable bonds is 60. The molecule has 0 aliphatic heterocycles. The fourth-order valence-corrected chi connectivity index (χ4v) is 21.6. The zero-order valence-corrected chi connectivity index (χ0v) is 77.6. The summed E-state index contributed by atoms with van der Waals surface area (Å²) < 4.78 is 0. The van der Waals surface area contributed by atoms with Crippen LogP contribution in [0.5, 0.6) is 0 Å². The average molecular weight is 1660 g/mol. The fourth-order valence-electron chi connectivity index (χ4n) is 21.6. The van der Waals surface area contributed by atoms with E-state index in [0.29, 0.717) is 0 Å². The van der Waals surface area contributed by atoms with Crippen LogP contribution < -0.4 is 4.90 Å². The molecule has 0 radical (unpaired) electrons. The van der Waals surface area contributed by atoms with E-state index in [4.69, 9.17) is 0 Å². The highest BCUT2D eigenvalue weighted by molar-refractivity contribution is 5.91. The summed E-state index contributed by atoms with van der Waals surface area (Å²) in [6.07, 6.45) is 77.4. The number of aldehydes is 3. The second-order valence-electron chi connectivity index (χ2n) is 37.8. The maximum Gasteiger partial charge on any atom is 0.150 e. The quantitative estimate of drug-likeness (QED) is 0.0217. The molecule has 124 heavy (non-hydrogen) atoms. The first-order valence-corrected chi connectivity index (χ1v) is 50.5. The number of nitrogens with zero attached hydrogens (tertiary/aromatic N) is 1. The zero-order valence-electron chi connectivity index (χ0n) is 77.6. The van der Waals surface area contributed by atoms with E-state index in [1.807, 2.05) is 18.2 Å². The molecule has 9 aromatic rings. The standard InChI is InChI=1S/C120H153NO3/c1-7-13-19-25-31-37-43-79-118(80-44-38-32-26-20-14-8-2)112-85-97(61-73-106(112)109-76-64-100(91-122)88-115(109)118)52-49-94-55-67-103(68-56-94)121(104-69-57-95(58-70-104)50-53-98-62-74-107-110-77-65-101(92-123)89-116(110)119(113(107)86-98,81-45-39-33-27-21-15-9-3)82-46-40-34-28-22-16-10-4)105-71-59-96(60-72-105)51-54-99-63-75-108-111-78-66-102(93-124)90-117(111)120(114(108)87-99,83-47-41-35-29-23-17-11-5)84-48-42-36-30-24-18-12-6/h49-78,85-93H,7-48,79-84H2,1-6H3/b52-49+,53-50+,54-51+. The molecule has 0 heterocycles.